The van der Waals surface area contributed by atoms with E-state index >= 15 is 0 Å². The Balaban J connectivity index is 1.62. The number of rotatable bonds is 5. The van der Waals surface area contributed by atoms with E-state index in [2.05, 4.69) is 39.8 Å². The molecule has 1 aliphatic heterocycles. The van der Waals surface area contributed by atoms with Crippen LogP contribution in [0.2, 0.25) is 0 Å². The van der Waals surface area contributed by atoms with E-state index in [1.807, 2.05) is 30.3 Å². The van der Waals surface area contributed by atoms with Gasteiger partial charge in [-0.1, -0.05) is 44.2 Å². The van der Waals surface area contributed by atoms with Crippen LogP contribution in [0.15, 0.2) is 41.1 Å². The number of benzene rings is 1. The number of aliphatic hydroxyl groups is 1. The van der Waals surface area contributed by atoms with Gasteiger partial charge in [0.05, 0.1) is 12.1 Å². The topological polar surface area (TPSA) is 154 Å². The number of fused-ring (bicyclic) bond motifs is 4. The van der Waals surface area contributed by atoms with Crippen LogP contribution in [0.3, 0.4) is 0 Å². The molecule has 0 unspecified atom stereocenters. The fourth-order valence-electron chi connectivity index (χ4n) is 4.80. The number of carbonyl (C=O) groups is 4. The number of aliphatic hydroxyl groups excluding tert-OH is 1. The van der Waals surface area contributed by atoms with Crippen LogP contribution in [-0.4, -0.2) is 69.8 Å². The van der Waals surface area contributed by atoms with Gasteiger partial charge in [0.25, 0.3) is 11.8 Å². The SMILES string of the molecule is CC(C)C[C@@H]1NC(=O)CCCN(C(=O)CO)CCCNC(=O)c2csc(n2)[C@H](Cc2ccccc2)NC(=O)c2csc1n2. The molecule has 0 spiro atoms. The van der Waals surface area contributed by atoms with Gasteiger partial charge in [0, 0.05) is 36.8 Å². The largest absolute Gasteiger partial charge is 0.387 e. The van der Waals surface area contributed by atoms with Crippen molar-refractivity contribution in [3.05, 3.63) is 68.1 Å². The predicted molar refractivity (Wildman–Crippen MR) is 165 cm³/mol. The Labute approximate surface area is 259 Å². The first-order valence-electron chi connectivity index (χ1n) is 14.4. The van der Waals surface area contributed by atoms with Crippen molar-refractivity contribution in [3.63, 3.8) is 0 Å². The highest BCUT2D eigenvalue weighted by molar-refractivity contribution is 7.10. The average Bonchev–Trinajstić information content (AvgIpc) is 3.68. The van der Waals surface area contributed by atoms with Crippen molar-refractivity contribution >= 4 is 46.3 Å². The van der Waals surface area contributed by atoms with Crippen LogP contribution in [0.5, 0.6) is 0 Å². The zero-order valence-corrected chi connectivity index (χ0v) is 26.0. The molecule has 3 heterocycles. The molecule has 230 valence electrons. The maximum Gasteiger partial charge on any atom is 0.271 e. The fourth-order valence-corrected chi connectivity index (χ4v) is 6.51. The van der Waals surface area contributed by atoms with Crippen LogP contribution in [0.4, 0.5) is 0 Å². The van der Waals surface area contributed by atoms with E-state index in [9.17, 15) is 24.3 Å². The normalized spacial score (nSPS) is 19.3. The molecule has 4 bridgehead atoms. The Morgan fingerprint density at radius 2 is 1.60 bits per heavy atom. The minimum Gasteiger partial charge on any atom is -0.387 e. The van der Waals surface area contributed by atoms with Crippen LogP contribution in [0.1, 0.15) is 88.2 Å². The summed E-state index contributed by atoms with van der Waals surface area (Å²) in [7, 11) is 0. The zero-order chi connectivity index (χ0) is 30.8. The fraction of sp³-hybridized carbons (Fsp3) is 0.467. The third kappa shape index (κ3) is 9.40. The Bertz CT molecular complexity index is 1390. The molecule has 0 saturated carbocycles. The Kier molecular flexibility index (Phi) is 11.8. The van der Waals surface area contributed by atoms with Gasteiger partial charge in [-0.25, -0.2) is 9.97 Å². The Morgan fingerprint density at radius 1 is 0.953 bits per heavy atom. The molecule has 1 aromatic carbocycles. The summed E-state index contributed by atoms with van der Waals surface area (Å²) < 4.78 is 0. The van der Waals surface area contributed by atoms with Crippen molar-refractivity contribution in [1.82, 2.24) is 30.8 Å². The minimum absolute atomic E-state index is 0.177. The van der Waals surface area contributed by atoms with Crippen molar-refractivity contribution in [3.8, 4) is 0 Å². The average molecular weight is 627 g/mol. The van der Waals surface area contributed by atoms with Gasteiger partial charge in [0.2, 0.25) is 11.8 Å². The molecular weight excluding hydrogens is 589 g/mol. The van der Waals surface area contributed by atoms with E-state index in [1.165, 1.54) is 27.6 Å². The van der Waals surface area contributed by atoms with Crippen LogP contribution >= 0.6 is 22.7 Å². The van der Waals surface area contributed by atoms with Crippen LogP contribution in [0.25, 0.3) is 0 Å². The quantitative estimate of drug-likeness (QED) is 0.339. The van der Waals surface area contributed by atoms with Crippen molar-refractivity contribution in [2.75, 3.05) is 26.2 Å². The molecule has 2 atom stereocenters. The number of thiazole rings is 2. The smallest absolute Gasteiger partial charge is 0.271 e. The standard InChI is InChI=1S/C30H38N6O5S2/c1-19(2)14-21-29-35-24(18-43-29)28(41)33-22(15-20-8-4-3-5-9-20)30-34-23(17-42-30)27(40)31-11-7-13-36(26(39)16-37)12-6-10-25(38)32-21/h3-5,8-9,17-19,21-22,37H,6-7,10-16H2,1-2H3,(H,31,40)(H,32,38)(H,33,41)/t21-,22-/m0/s1. The second-order valence-electron chi connectivity index (χ2n) is 10.9. The highest BCUT2D eigenvalue weighted by Gasteiger charge is 2.25. The van der Waals surface area contributed by atoms with Gasteiger partial charge in [-0.15, -0.1) is 22.7 Å². The molecule has 0 radical (unpaired) electrons. The Morgan fingerprint density at radius 3 is 2.28 bits per heavy atom. The summed E-state index contributed by atoms with van der Waals surface area (Å²) in [5.74, 6) is -1.05. The highest BCUT2D eigenvalue weighted by Crippen LogP contribution is 2.27. The van der Waals surface area contributed by atoms with Crippen LogP contribution < -0.4 is 16.0 Å². The third-order valence-corrected chi connectivity index (χ3v) is 8.86. The first-order chi connectivity index (χ1) is 20.7. The lowest BCUT2D eigenvalue weighted by Gasteiger charge is -2.22. The maximum absolute atomic E-state index is 13.4. The molecular formula is C30H38N6O5S2. The molecule has 43 heavy (non-hydrogen) atoms. The van der Waals surface area contributed by atoms with E-state index in [-0.39, 0.29) is 47.5 Å². The van der Waals surface area contributed by atoms with Crippen LogP contribution in [-0.2, 0) is 16.0 Å². The lowest BCUT2D eigenvalue weighted by atomic mass is 10.0. The molecule has 13 heteroatoms. The Hall–Kier alpha value is -3.68. The van der Waals surface area contributed by atoms with E-state index in [4.69, 9.17) is 0 Å². The number of aromatic nitrogens is 2. The van der Waals surface area contributed by atoms with Gasteiger partial charge in [-0.3, -0.25) is 19.2 Å². The molecule has 0 fully saturated rings. The third-order valence-electron chi connectivity index (χ3n) is 6.95. The monoisotopic (exact) mass is 626 g/mol. The number of carbonyl (C=O) groups excluding carboxylic acids is 4. The molecule has 3 aromatic rings. The van der Waals surface area contributed by atoms with E-state index in [0.29, 0.717) is 55.3 Å². The zero-order valence-electron chi connectivity index (χ0n) is 24.4. The lowest BCUT2D eigenvalue weighted by molar-refractivity contribution is -0.134. The van der Waals surface area contributed by atoms with E-state index in [1.54, 1.807) is 10.8 Å². The second kappa shape index (κ2) is 15.7. The van der Waals surface area contributed by atoms with Gasteiger partial charge >= 0.3 is 0 Å². The number of amides is 4. The number of hydrogen-bond acceptors (Lipinski definition) is 9. The van der Waals surface area contributed by atoms with E-state index < -0.39 is 18.6 Å². The lowest BCUT2D eigenvalue weighted by Crippen LogP contribution is -2.37. The molecule has 4 amide bonds. The van der Waals surface area contributed by atoms with Crippen molar-refractivity contribution in [2.45, 2.75) is 58.0 Å². The second-order valence-corrected chi connectivity index (χ2v) is 12.6. The summed E-state index contributed by atoms with van der Waals surface area (Å²) in [6, 6.07) is 8.86. The van der Waals surface area contributed by atoms with Crippen molar-refractivity contribution < 1.29 is 24.3 Å². The maximum atomic E-state index is 13.4. The summed E-state index contributed by atoms with van der Waals surface area (Å²) in [5, 5.41) is 23.0. The van der Waals surface area contributed by atoms with Crippen LogP contribution in [0, 0.1) is 5.92 Å². The summed E-state index contributed by atoms with van der Waals surface area (Å²) in [6.07, 6.45) is 2.19. The number of hydrogen-bond donors (Lipinski definition) is 4. The molecule has 4 N–H and O–H groups in total. The number of nitrogens with zero attached hydrogens (tertiary/aromatic N) is 3. The van der Waals surface area contributed by atoms with Gasteiger partial charge in [0.1, 0.15) is 28.0 Å². The first-order valence-corrected chi connectivity index (χ1v) is 16.2. The van der Waals surface area contributed by atoms with Gasteiger partial charge in [-0.2, -0.15) is 0 Å². The van der Waals surface area contributed by atoms with Gasteiger partial charge < -0.3 is 26.0 Å². The molecule has 11 nitrogen and oxygen atoms in total. The van der Waals surface area contributed by atoms with Crippen molar-refractivity contribution in [1.29, 1.82) is 0 Å². The highest BCUT2D eigenvalue weighted by atomic mass is 32.1. The van der Waals surface area contributed by atoms with Crippen molar-refractivity contribution in [2.24, 2.45) is 5.92 Å². The minimum atomic E-state index is -0.625. The number of nitrogens with one attached hydrogen (secondary N) is 3. The van der Waals surface area contributed by atoms with Gasteiger partial charge in [-0.05, 0) is 37.2 Å². The summed E-state index contributed by atoms with van der Waals surface area (Å²) in [4.78, 5) is 62.2. The summed E-state index contributed by atoms with van der Waals surface area (Å²) >= 11 is 2.62. The van der Waals surface area contributed by atoms with E-state index in [0.717, 1.165) is 5.56 Å². The molecule has 1 aliphatic rings. The summed E-state index contributed by atoms with van der Waals surface area (Å²) in [6.45, 7) is 4.42. The van der Waals surface area contributed by atoms with Gasteiger partial charge in [0.15, 0.2) is 0 Å². The molecule has 0 saturated heterocycles. The molecule has 2 aromatic heterocycles. The predicted octanol–water partition coefficient (Wildman–Crippen LogP) is 3.25. The molecule has 0 aliphatic carbocycles. The molecule has 4 rings (SSSR count). The summed E-state index contributed by atoms with van der Waals surface area (Å²) in [5.41, 5.74) is 1.50. The first kappa shape index (κ1) is 32.2.